The number of nitrogens with one attached hydrogen (secondary N) is 1. The Hall–Kier alpha value is -4.75. The number of carbonyl (C=O) groups is 2. The first-order chi connectivity index (χ1) is 18.7. The van der Waals surface area contributed by atoms with Gasteiger partial charge in [0, 0.05) is 33.3 Å². The smallest absolute Gasteiger partial charge is 0.337 e. The Morgan fingerprint density at radius 1 is 1.15 bits per heavy atom. The fraction of sp³-hybridized carbons (Fsp3) is 0.138. The summed E-state index contributed by atoms with van der Waals surface area (Å²) < 4.78 is 12.5. The van der Waals surface area contributed by atoms with Crippen LogP contribution in [0.3, 0.4) is 0 Å². The second-order valence-corrected chi connectivity index (χ2v) is 9.69. The average Bonchev–Trinajstić information content (AvgIpc) is 3.43. The second-order valence-electron chi connectivity index (χ2n) is 8.83. The highest BCUT2D eigenvalue weighted by Crippen LogP contribution is 2.65. The van der Waals surface area contributed by atoms with Crippen LogP contribution in [0.1, 0.15) is 23.6 Å². The zero-order chi connectivity index (χ0) is 27.9. The maximum atomic E-state index is 14.3. The summed E-state index contributed by atoms with van der Waals surface area (Å²) in [5.74, 6) is -1.40. The van der Waals surface area contributed by atoms with Gasteiger partial charge in [-0.05, 0) is 41.1 Å². The molecule has 1 spiro atoms. The largest absolute Gasteiger partial charge is 0.474 e. The molecule has 10 heteroatoms. The zero-order valence-corrected chi connectivity index (χ0v) is 22.2. The van der Waals surface area contributed by atoms with E-state index < -0.39 is 27.8 Å². The number of para-hydroxylation sites is 1. The number of nitriles is 1. The summed E-state index contributed by atoms with van der Waals surface area (Å²) in [7, 11) is 0. The van der Waals surface area contributed by atoms with Crippen LogP contribution in [0.25, 0.3) is 5.76 Å². The number of ether oxygens (including phenoxy) is 2. The molecule has 1 N–H and O–H groups in total. The van der Waals surface area contributed by atoms with Gasteiger partial charge in [-0.3, -0.25) is 14.9 Å². The van der Waals surface area contributed by atoms with Crippen molar-refractivity contribution >= 4 is 44.9 Å². The summed E-state index contributed by atoms with van der Waals surface area (Å²) >= 11 is 3.47. The van der Waals surface area contributed by atoms with Gasteiger partial charge in [0.2, 0.25) is 5.91 Å². The highest BCUT2D eigenvalue weighted by Gasteiger charge is 2.73. The monoisotopic (exact) mass is 585 g/mol. The van der Waals surface area contributed by atoms with E-state index in [4.69, 9.17) is 9.47 Å². The molecule has 1 amide bonds. The summed E-state index contributed by atoms with van der Waals surface area (Å²) in [6.45, 7) is 5.68. The first-order valence-electron chi connectivity index (χ1n) is 11.8. The van der Waals surface area contributed by atoms with Crippen molar-refractivity contribution in [1.82, 2.24) is 0 Å². The Labute approximate surface area is 231 Å². The van der Waals surface area contributed by atoms with E-state index in [1.807, 2.05) is 0 Å². The molecule has 2 aliphatic heterocycles. The number of amides is 1. The van der Waals surface area contributed by atoms with Crippen LogP contribution in [0.4, 0.5) is 11.4 Å². The molecule has 2 aliphatic rings. The summed E-state index contributed by atoms with van der Waals surface area (Å²) in [6, 6.07) is 21.3. The number of nitro benzene ring substituents is 1. The normalized spacial score (nSPS) is 21.1. The number of nitro groups is 1. The van der Waals surface area contributed by atoms with Crippen LogP contribution in [-0.4, -0.2) is 23.4 Å². The van der Waals surface area contributed by atoms with E-state index in [9.17, 15) is 25.0 Å². The maximum absolute atomic E-state index is 14.3. The molecule has 0 fully saturated rings. The third kappa shape index (κ3) is 3.51. The highest BCUT2D eigenvalue weighted by atomic mass is 79.9. The highest BCUT2D eigenvalue weighted by molar-refractivity contribution is 9.10. The minimum atomic E-state index is -2.04. The Kier molecular flexibility index (Phi) is 6.32. The Bertz CT molecular complexity index is 1630. The molecule has 39 heavy (non-hydrogen) atoms. The molecule has 0 radical (unpaired) electrons. The SMILES string of the molecule is C=C(C(=O)OCC)[C@@]1(c2ccc([N+](=O)[O-])cc2)OC(c2ccccc2)=C(C#N)[C@]12C(=O)Nc1c(Br)cccc12. The van der Waals surface area contributed by atoms with Crippen LogP contribution in [0.2, 0.25) is 0 Å². The molecule has 0 unspecified atom stereocenters. The predicted octanol–water partition coefficient (Wildman–Crippen LogP) is 5.53. The standard InChI is InChI=1S/C29H20BrN3O6/c1-3-38-26(34)17(2)29(19-12-14-20(15-13-19)33(36)37)28(21-10-7-11-23(30)24(21)32-27(28)35)22(16-31)25(39-29)18-8-5-4-6-9-18/h4-15H,2-3H2,1H3,(H,32,35)/t28-,29+/m1/s1. The number of esters is 1. The van der Waals surface area contributed by atoms with Gasteiger partial charge in [-0.2, -0.15) is 5.26 Å². The summed E-state index contributed by atoms with van der Waals surface area (Å²) in [6.07, 6.45) is 0. The van der Waals surface area contributed by atoms with E-state index in [0.29, 0.717) is 21.3 Å². The third-order valence-corrected chi connectivity index (χ3v) is 7.62. The molecular formula is C29H20BrN3O6. The molecule has 0 aromatic heterocycles. The van der Waals surface area contributed by atoms with Gasteiger partial charge in [-0.15, -0.1) is 0 Å². The van der Waals surface area contributed by atoms with E-state index in [2.05, 4.69) is 33.9 Å². The van der Waals surface area contributed by atoms with Crippen LogP contribution < -0.4 is 5.32 Å². The molecule has 5 rings (SSSR count). The van der Waals surface area contributed by atoms with Crippen LogP contribution in [0.5, 0.6) is 0 Å². The predicted molar refractivity (Wildman–Crippen MR) is 145 cm³/mol. The summed E-state index contributed by atoms with van der Waals surface area (Å²) in [5.41, 5.74) is -3.03. The fourth-order valence-electron chi connectivity index (χ4n) is 5.36. The van der Waals surface area contributed by atoms with Crippen molar-refractivity contribution in [3.8, 4) is 6.07 Å². The van der Waals surface area contributed by atoms with Crippen LogP contribution in [0, 0.1) is 21.4 Å². The Morgan fingerprint density at radius 3 is 2.46 bits per heavy atom. The third-order valence-electron chi connectivity index (χ3n) is 6.96. The van der Waals surface area contributed by atoms with Gasteiger partial charge >= 0.3 is 5.97 Å². The molecule has 0 saturated heterocycles. The summed E-state index contributed by atoms with van der Waals surface area (Å²) in [4.78, 5) is 38.6. The lowest BCUT2D eigenvalue weighted by molar-refractivity contribution is -0.384. The molecule has 9 nitrogen and oxygen atoms in total. The van der Waals surface area contributed by atoms with E-state index in [1.54, 1.807) is 55.5 Å². The molecule has 2 heterocycles. The molecule has 0 saturated carbocycles. The van der Waals surface area contributed by atoms with Gasteiger partial charge in [0.15, 0.2) is 11.0 Å². The quantitative estimate of drug-likeness (QED) is 0.174. The molecule has 2 atom stereocenters. The van der Waals surface area contributed by atoms with Crippen molar-refractivity contribution in [3.05, 3.63) is 122 Å². The number of carbonyl (C=O) groups excluding carboxylic acids is 2. The number of non-ortho nitro benzene ring substituents is 1. The maximum Gasteiger partial charge on any atom is 0.337 e. The lowest BCUT2D eigenvalue weighted by Gasteiger charge is -2.42. The van der Waals surface area contributed by atoms with E-state index >= 15 is 0 Å². The number of halogens is 1. The average molecular weight is 586 g/mol. The van der Waals surface area contributed by atoms with E-state index in [1.165, 1.54) is 24.3 Å². The van der Waals surface area contributed by atoms with Gasteiger partial charge < -0.3 is 14.8 Å². The van der Waals surface area contributed by atoms with E-state index in [0.717, 1.165) is 0 Å². The van der Waals surface area contributed by atoms with Crippen LogP contribution in [-0.2, 0) is 30.1 Å². The molecular weight excluding hydrogens is 566 g/mol. The van der Waals surface area contributed by atoms with Gasteiger partial charge in [-0.25, -0.2) is 4.79 Å². The topological polar surface area (TPSA) is 132 Å². The summed E-state index contributed by atoms with van der Waals surface area (Å²) in [5, 5.41) is 24.9. The Morgan fingerprint density at radius 2 is 1.85 bits per heavy atom. The number of fused-ring (bicyclic) bond motifs is 2. The number of hydrogen-bond acceptors (Lipinski definition) is 7. The van der Waals surface area contributed by atoms with Gasteiger partial charge in [0.25, 0.3) is 5.69 Å². The van der Waals surface area contributed by atoms with Gasteiger partial charge in [0.05, 0.1) is 28.4 Å². The van der Waals surface area contributed by atoms with Crippen molar-refractivity contribution in [2.45, 2.75) is 17.9 Å². The first-order valence-corrected chi connectivity index (χ1v) is 12.6. The van der Waals surface area contributed by atoms with Gasteiger partial charge in [0.1, 0.15) is 11.8 Å². The van der Waals surface area contributed by atoms with E-state index in [-0.39, 0.29) is 34.8 Å². The van der Waals surface area contributed by atoms with Crippen molar-refractivity contribution in [2.75, 3.05) is 11.9 Å². The Balaban J connectivity index is 1.95. The zero-order valence-electron chi connectivity index (χ0n) is 20.6. The molecule has 3 aromatic rings. The van der Waals surface area contributed by atoms with Crippen LogP contribution in [0.15, 0.2) is 95.0 Å². The minimum Gasteiger partial charge on any atom is -0.474 e. The number of anilines is 1. The van der Waals surface area contributed by atoms with Gasteiger partial charge in [-0.1, -0.05) is 49.0 Å². The molecule has 194 valence electrons. The minimum absolute atomic E-state index is 0.0135. The number of nitrogens with zero attached hydrogens (tertiary/aromatic N) is 2. The van der Waals surface area contributed by atoms with Crippen molar-refractivity contribution in [1.29, 1.82) is 5.26 Å². The van der Waals surface area contributed by atoms with Crippen molar-refractivity contribution in [2.24, 2.45) is 0 Å². The number of benzene rings is 3. The van der Waals surface area contributed by atoms with Crippen molar-refractivity contribution in [3.63, 3.8) is 0 Å². The molecule has 3 aromatic carbocycles. The lowest BCUT2D eigenvalue weighted by atomic mass is 9.59. The number of hydrogen-bond donors (Lipinski definition) is 1. The molecule has 0 bridgehead atoms. The van der Waals surface area contributed by atoms with Crippen LogP contribution >= 0.6 is 15.9 Å². The number of rotatable bonds is 6. The second kappa shape index (κ2) is 9.53. The fourth-order valence-corrected chi connectivity index (χ4v) is 5.83. The molecule has 0 aliphatic carbocycles. The first kappa shape index (κ1) is 25.9. The lowest BCUT2D eigenvalue weighted by Crippen LogP contribution is -2.55. The van der Waals surface area contributed by atoms with Crippen molar-refractivity contribution < 1.29 is 24.0 Å².